The van der Waals surface area contributed by atoms with Gasteiger partial charge in [0.25, 0.3) is 0 Å². The maximum Gasteiger partial charge on any atom is 0.124 e. The van der Waals surface area contributed by atoms with Crippen molar-refractivity contribution >= 4 is 27.5 Å². The summed E-state index contributed by atoms with van der Waals surface area (Å²) in [7, 11) is 3.35. The predicted octanol–water partition coefficient (Wildman–Crippen LogP) is 2.22. The number of anilines is 1. The van der Waals surface area contributed by atoms with Crippen LogP contribution in [0.2, 0.25) is 0 Å². The molecule has 5 nitrogen and oxygen atoms in total. The first kappa shape index (κ1) is 16.9. The molecule has 20 heavy (non-hydrogen) atoms. The van der Waals surface area contributed by atoms with Crippen LogP contribution in [0.25, 0.3) is 0 Å². The topological polar surface area (TPSA) is 71.6 Å². The molecule has 1 aromatic carbocycles. The van der Waals surface area contributed by atoms with E-state index in [1.54, 1.807) is 14.2 Å². The molecule has 0 aromatic heterocycles. The first-order chi connectivity index (χ1) is 9.51. The van der Waals surface area contributed by atoms with Crippen molar-refractivity contribution in [1.82, 2.24) is 0 Å². The number of nitrogen functional groups attached to an aromatic ring is 1. The molecule has 1 rings (SSSR count). The van der Waals surface area contributed by atoms with E-state index in [1.807, 2.05) is 18.2 Å². The molecule has 0 heterocycles. The van der Waals surface area contributed by atoms with Gasteiger partial charge in [0, 0.05) is 42.5 Å². The predicted molar refractivity (Wildman–Crippen MR) is 85.7 cm³/mol. The third-order valence-corrected chi connectivity index (χ3v) is 3.53. The number of amidine groups is 1. The number of nitrogens with two attached hydrogens (primary N) is 1. The van der Waals surface area contributed by atoms with E-state index in [1.165, 1.54) is 0 Å². The van der Waals surface area contributed by atoms with Crippen LogP contribution >= 0.6 is 15.9 Å². The van der Waals surface area contributed by atoms with Crippen molar-refractivity contribution in [2.24, 2.45) is 5.73 Å². The van der Waals surface area contributed by atoms with Crippen LogP contribution in [0.3, 0.4) is 0 Å². The molecule has 0 aliphatic heterocycles. The number of hydrogen-bond donors (Lipinski definition) is 2. The number of rotatable bonds is 8. The van der Waals surface area contributed by atoms with Crippen LogP contribution in [0.1, 0.15) is 12.5 Å². The van der Waals surface area contributed by atoms with Gasteiger partial charge in [-0.3, -0.25) is 5.41 Å². The third kappa shape index (κ3) is 4.47. The second kappa shape index (κ2) is 8.24. The Bertz CT molecular complexity index is 454. The van der Waals surface area contributed by atoms with E-state index >= 15 is 0 Å². The minimum Gasteiger partial charge on any atom is -0.384 e. The molecule has 0 aliphatic carbocycles. The lowest BCUT2D eigenvalue weighted by Gasteiger charge is -2.32. The van der Waals surface area contributed by atoms with Crippen molar-refractivity contribution in [3.8, 4) is 0 Å². The van der Waals surface area contributed by atoms with Crippen LogP contribution in [-0.2, 0) is 9.47 Å². The van der Waals surface area contributed by atoms with Gasteiger partial charge in [0.1, 0.15) is 5.84 Å². The lowest BCUT2D eigenvalue weighted by molar-refractivity contribution is 0.171. The van der Waals surface area contributed by atoms with E-state index in [2.05, 4.69) is 27.8 Å². The molecule has 1 atom stereocenters. The van der Waals surface area contributed by atoms with Crippen molar-refractivity contribution in [1.29, 1.82) is 5.41 Å². The van der Waals surface area contributed by atoms with E-state index in [-0.39, 0.29) is 11.9 Å². The normalized spacial score (nSPS) is 12.2. The van der Waals surface area contributed by atoms with Gasteiger partial charge in [-0.1, -0.05) is 15.9 Å². The second-order valence-electron chi connectivity index (χ2n) is 4.57. The summed E-state index contributed by atoms with van der Waals surface area (Å²) in [5, 5.41) is 7.73. The Hall–Kier alpha value is -1.11. The van der Waals surface area contributed by atoms with E-state index < -0.39 is 0 Å². The average molecular weight is 344 g/mol. The summed E-state index contributed by atoms with van der Waals surface area (Å²) in [6, 6.07) is 5.86. The van der Waals surface area contributed by atoms with Crippen LogP contribution in [0.4, 0.5) is 5.69 Å². The van der Waals surface area contributed by atoms with Crippen LogP contribution in [0, 0.1) is 5.41 Å². The Morgan fingerprint density at radius 2 is 2.10 bits per heavy atom. The monoisotopic (exact) mass is 343 g/mol. The molecule has 6 heteroatoms. The first-order valence-corrected chi connectivity index (χ1v) is 7.19. The zero-order valence-corrected chi connectivity index (χ0v) is 13.7. The Morgan fingerprint density at radius 1 is 1.40 bits per heavy atom. The number of halogens is 1. The molecule has 0 amide bonds. The molecule has 0 fully saturated rings. The molecule has 0 saturated heterocycles. The average Bonchev–Trinajstić information content (AvgIpc) is 2.39. The molecule has 0 aliphatic rings. The molecule has 112 valence electrons. The highest BCUT2D eigenvalue weighted by Crippen LogP contribution is 2.26. The molecule has 0 saturated carbocycles. The first-order valence-electron chi connectivity index (χ1n) is 6.39. The van der Waals surface area contributed by atoms with E-state index in [0.717, 1.165) is 10.2 Å². The summed E-state index contributed by atoms with van der Waals surface area (Å²) in [4.78, 5) is 2.15. The van der Waals surface area contributed by atoms with E-state index in [9.17, 15) is 0 Å². The highest BCUT2D eigenvalue weighted by atomic mass is 79.9. The lowest BCUT2D eigenvalue weighted by atomic mass is 10.1. The SMILES string of the molecule is COCCN(c1cc(Br)ccc1C(=N)N)C(C)COC. The standard InChI is InChI=1S/C14H22BrN3O2/c1-10(9-20-3)18(6-7-19-2)13-8-11(15)4-5-12(13)14(16)17/h4-5,8,10H,6-7,9H2,1-3H3,(H3,16,17). The Kier molecular flexibility index (Phi) is 6.98. The summed E-state index contributed by atoms with van der Waals surface area (Å²) in [6.45, 7) is 3.97. The van der Waals surface area contributed by atoms with Gasteiger partial charge in [-0.2, -0.15) is 0 Å². The quantitative estimate of drug-likeness (QED) is 0.560. The highest BCUT2D eigenvalue weighted by Gasteiger charge is 2.19. The lowest BCUT2D eigenvalue weighted by Crippen LogP contribution is -2.40. The van der Waals surface area contributed by atoms with Crippen LogP contribution in [0.15, 0.2) is 22.7 Å². The van der Waals surface area contributed by atoms with Crippen LogP contribution in [0.5, 0.6) is 0 Å². The van der Waals surface area contributed by atoms with Gasteiger partial charge in [0.15, 0.2) is 0 Å². The Balaban J connectivity index is 3.16. The minimum atomic E-state index is 0.0551. The number of benzene rings is 1. The van der Waals surface area contributed by atoms with Crippen molar-refractivity contribution in [2.45, 2.75) is 13.0 Å². The zero-order valence-electron chi connectivity index (χ0n) is 12.1. The largest absolute Gasteiger partial charge is 0.384 e. The second-order valence-corrected chi connectivity index (χ2v) is 5.48. The van der Waals surface area contributed by atoms with Crippen molar-refractivity contribution in [3.63, 3.8) is 0 Å². The fraction of sp³-hybridized carbons (Fsp3) is 0.500. The highest BCUT2D eigenvalue weighted by molar-refractivity contribution is 9.10. The third-order valence-electron chi connectivity index (χ3n) is 3.04. The summed E-state index contributed by atoms with van der Waals surface area (Å²) in [6.07, 6.45) is 0. The molecule has 1 aromatic rings. The van der Waals surface area contributed by atoms with Gasteiger partial charge >= 0.3 is 0 Å². The van der Waals surface area contributed by atoms with Gasteiger partial charge in [0.05, 0.1) is 13.2 Å². The molecule has 1 unspecified atom stereocenters. The molecule has 0 spiro atoms. The number of methoxy groups -OCH3 is 2. The molecular weight excluding hydrogens is 322 g/mol. The molecule has 0 bridgehead atoms. The summed E-state index contributed by atoms with van der Waals surface area (Å²) < 4.78 is 11.4. The molecule has 3 N–H and O–H groups in total. The smallest absolute Gasteiger partial charge is 0.124 e. The Labute approximate surface area is 128 Å². The van der Waals surface area contributed by atoms with Crippen molar-refractivity contribution < 1.29 is 9.47 Å². The fourth-order valence-electron chi connectivity index (χ4n) is 2.07. The number of nitrogens with zero attached hydrogens (tertiary/aromatic N) is 1. The van der Waals surface area contributed by atoms with Crippen molar-refractivity contribution in [3.05, 3.63) is 28.2 Å². The Morgan fingerprint density at radius 3 is 2.65 bits per heavy atom. The van der Waals surface area contributed by atoms with Gasteiger partial charge < -0.3 is 20.1 Å². The van der Waals surface area contributed by atoms with Gasteiger partial charge in [-0.05, 0) is 25.1 Å². The van der Waals surface area contributed by atoms with Gasteiger partial charge in [-0.15, -0.1) is 0 Å². The number of hydrogen-bond acceptors (Lipinski definition) is 4. The number of nitrogens with one attached hydrogen (secondary N) is 1. The van der Waals surface area contributed by atoms with Gasteiger partial charge in [-0.25, -0.2) is 0 Å². The summed E-state index contributed by atoms with van der Waals surface area (Å²) in [5.41, 5.74) is 7.31. The number of ether oxygens (including phenoxy) is 2. The van der Waals surface area contributed by atoms with Crippen LogP contribution < -0.4 is 10.6 Å². The van der Waals surface area contributed by atoms with E-state index in [4.69, 9.17) is 20.6 Å². The maximum absolute atomic E-state index is 7.73. The molecule has 0 radical (unpaired) electrons. The maximum atomic E-state index is 7.73. The van der Waals surface area contributed by atoms with Crippen molar-refractivity contribution in [2.75, 3.05) is 38.9 Å². The molecular formula is C14H22BrN3O2. The zero-order chi connectivity index (χ0) is 15.1. The fourth-order valence-corrected chi connectivity index (χ4v) is 2.42. The summed E-state index contributed by atoms with van der Waals surface area (Å²) >= 11 is 3.47. The minimum absolute atomic E-state index is 0.0551. The van der Waals surface area contributed by atoms with E-state index in [0.29, 0.717) is 25.3 Å². The van der Waals surface area contributed by atoms with Gasteiger partial charge in [0.2, 0.25) is 0 Å². The summed E-state index contributed by atoms with van der Waals surface area (Å²) in [5.74, 6) is 0.0551. The van der Waals surface area contributed by atoms with Crippen LogP contribution in [-0.4, -0.2) is 45.9 Å².